The van der Waals surface area contributed by atoms with Crippen LogP contribution in [0.3, 0.4) is 0 Å². The second kappa shape index (κ2) is 7.84. The van der Waals surface area contributed by atoms with Crippen LogP contribution in [0.25, 0.3) is 0 Å². The van der Waals surface area contributed by atoms with Crippen LogP contribution in [0, 0.1) is 18.3 Å². The Morgan fingerprint density at radius 3 is 2.48 bits per heavy atom. The van der Waals surface area contributed by atoms with Crippen molar-refractivity contribution in [2.75, 3.05) is 37.6 Å². The molecule has 1 N–H and O–H groups in total. The number of carbonyl (C=O) groups excluding carboxylic acids is 3. The summed E-state index contributed by atoms with van der Waals surface area (Å²) in [6.07, 6.45) is 2.29. The highest BCUT2D eigenvalue weighted by Gasteiger charge is 2.56. The average Bonchev–Trinajstić information content (AvgIpc) is 2.89. The van der Waals surface area contributed by atoms with E-state index in [4.69, 9.17) is 0 Å². The molecule has 0 unspecified atom stereocenters. The lowest BCUT2D eigenvalue weighted by Gasteiger charge is -2.43. The summed E-state index contributed by atoms with van der Waals surface area (Å²) in [7, 11) is 0. The predicted molar refractivity (Wildman–Crippen MR) is 120 cm³/mol. The minimum absolute atomic E-state index is 0.0211. The number of hydrogen-bond donors (Lipinski definition) is 1. The summed E-state index contributed by atoms with van der Waals surface area (Å²) in [6.45, 7) is 11.0. The van der Waals surface area contributed by atoms with Gasteiger partial charge >= 0.3 is 6.03 Å². The lowest BCUT2D eigenvalue weighted by atomic mass is 9.64. The minimum atomic E-state index is -0.859. The van der Waals surface area contributed by atoms with Crippen molar-refractivity contribution < 1.29 is 14.4 Å². The quantitative estimate of drug-likeness (QED) is 0.755. The Morgan fingerprint density at radius 2 is 1.84 bits per heavy atom. The van der Waals surface area contributed by atoms with Gasteiger partial charge in [-0.15, -0.1) is 0 Å². The van der Waals surface area contributed by atoms with Gasteiger partial charge in [0.1, 0.15) is 12.1 Å². The smallest absolute Gasteiger partial charge is 0.325 e. The van der Waals surface area contributed by atoms with Crippen LogP contribution in [-0.2, 0) is 9.59 Å². The second-order valence-electron chi connectivity index (χ2n) is 10.5. The molecule has 2 heterocycles. The fourth-order valence-electron chi connectivity index (χ4n) is 5.92. The zero-order valence-electron chi connectivity index (χ0n) is 19.1. The first-order chi connectivity index (χ1) is 14.6. The first kappa shape index (κ1) is 21.7. The molecule has 2 atom stereocenters. The summed E-state index contributed by atoms with van der Waals surface area (Å²) in [4.78, 5) is 44.1. The molecule has 3 fully saturated rings. The Kier molecular flexibility index (Phi) is 5.48. The number of nitrogens with zero attached hydrogens (tertiary/aromatic N) is 3. The van der Waals surface area contributed by atoms with Crippen molar-refractivity contribution in [1.82, 2.24) is 15.1 Å². The SMILES string of the molecule is Cc1cccc(N2CCN(C(=O)CN3C(=O)N[C@]4(C[C@@H](C)CC(C)(C)C4)C3=O)CC2)c1. The van der Waals surface area contributed by atoms with Crippen LogP contribution >= 0.6 is 0 Å². The molecule has 0 bridgehead atoms. The lowest BCUT2D eigenvalue weighted by molar-refractivity contribution is -0.140. The zero-order chi connectivity index (χ0) is 22.4. The number of urea groups is 1. The first-order valence-electron chi connectivity index (χ1n) is 11.3. The van der Waals surface area contributed by atoms with Gasteiger partial charge in [0.2, 0.25) is 5.91 Å². The average molecular weight is 427 g/mol. The molecule has 7 heteroatoms. The van der Waals surface area contributed by atoms with Crippen LogP contribution < -0.4 is 10.2 Å². The summed E-state index contributed by atoms with van der Waals surface area (Å²) in [5.74, 6) is -0.0465. The van der Waals surface area contributed by atoms with E-state index in [0.717, 1.165) is 30.1 Å². The number of hydrogen-bond acceptors (Lipinski definition) is 4. The third-order valence-electron chi connectivity index (χ3n) is 6.92. The van der Waals surface area contributed by atoms with Crippen molar-refractivity contribution in [1.29, 1.82) is 0 Å². The van der Waals surface area contributed by atoms with Crippen molar-refractivity contribution in [3.05, 3.63) is 29.8 Å². The molecule has 7 nitrogen and oxygen atoms in total. The van der Waals surface area contributed by atoms with Gasteiger partial charge in [0.25, 0.3) is 5.91 Å². The molecule has 1 saturated carbocycles. The molecule has 4 amide bonds. The standard InChI is InChI=1S/C24H34N4O3/c1-17-6-5-7-19(12-17)26-8-10-27(11-9-26)20(29)15-28-21(30)24(25-22(28)31)14-18(2)13-23(3,4)16-24/h5-7,12,18H,8-11,13-16H2,1-4H3,(H,25,31)/t18-,24-/m0/s1. The third kappa shape index (κ3) is 4.27. The van der Waals surface area contributed by atoms with E-state index >= 15 is 0 Å². The van der Waals surface area contributed by atoms with Gasteiger partial charge in [0.15, 0.2) is 0 Å². The number of imide groups is 1. The number of rotatable bonds is 3. The van der Waals surface area contributed by atoms with Gasteiger partial charge in [0.05, 0.1) is 0 Å². The number of amides is 4. The molecule has 31 heavy (non-hydrogen) atoms. The van der Waals surface area contributed by atoms with Crippen molar-refractivity contribution in [3.8, 4) is 0 Å². The molecule has 1 aromatic carbocycles. The van der Waals surface area contributed by atoms with Crippen molar-refractivity contribution >= 4 is 23.5 Å². The maximum absolute atomic E-state index is 13.3. The topological polar surface area (TPSA) is 73.0 Å². The van der Waals surface area contributed by atoms with E-state index in [0.29, 0.717) is 31.8 Å². The highest BCUT2D eigenvalue weighted by molar-refractivity contribution is 6.09. The van der Waals surface area contributed by atoms with E-state index < -0.39 is 11.6 Å². The van der Waals surface area contributed by atoms with E-state index in [1.807, 2.05) is 6.07 Å². The third-order valence-corrected chi connectivity index (χ3v) is 6.92. The van der Waals surface area contributed by atoms with Crippen molar-refractivity contribution in [2.24, 2.45) is 11.3 Å². The molecule has 1 spiro atoms. The van der Waals surface area contributed by atoms with Crippen LogP contribution in [-0.4, -0.2) is 65.9 Å². The summed E-state index contributed by atoms with van der Waals surface area (Å²) in [5.41, 5.74) is 1.50. The molecule has 2 saturated heterocycles. The molecule has 1 aromatic rings. The summed E-state index contributed by atoms with van der Waals surface area (Å²) in [6, 6.07) is 7.92. The minimum Gasteiger partial charge on any atom is -0.368 e. The Bertz CT molecular complexity index is 891. The van der Waals surface area contributed by atoms with Gasteiger partial charge in [-0.3, -0.25) is 14.5 Å². The van der Waals surface area contributed by atoms with Gasteiger partial charge in [-0.25, -0.2) is 4.79 Å². The predicted octanol–water partition coefficient (Wildman–Crippen LogP) is 2.78. The lowest BCUT2D eigenvalue weighted by Crippen LogP contribution is -2.55. The number of nitrogens with one attached hydrogen (secondary N) is 1. The zero-order valence-corrected chi connectivity index (χ0v) is 19.1. The van der Waals surface area contributed by atoms with Crippen LogP contribution in [0.1, 0.15) is 45.6 Å². The number of aryl methyl sites for hydroxylation is 1. The second-order valence-corrected chi connectivity index (χ2v) is 10.5. The number of piperazine rings is 1. The Balaban J connectivity index is 1.38. The Hall–Kier alpha value is -2.57. The summed E-state index contributed by atoms with van der Waals surface area (Å²) < 4.78 is 0. The molecule has 4 rings (SSSR count). The monoisotopic (exact) mass is 426 g/mol. The molecular formula is C24H34N4O3. The van der Waals surface area contributed by atoms with Crippen LogP contribution in [0.15, 0.2) is 24.3 Å². The summed E-state index contributed by atoms with van der Waals surface area (Å²) >= 11 is 0. The maximum Gasteiger partial charge on any atom is 0.325 e. The van der Waals surface area contributed by atoms with E-state index in [2.05, 4.69) is 56.1 Å². The Morgan fingerprint density at radius 1 is 1.13 bits per heavy atom. The normalized spacial score (nSPS) is 28.3. The first-order valence-corrected chi connectivity index (χ1v) is 11.3. The molecule has 168 valence electrons. The largest absolute Gasteiger partial charge is 0.368 e. The fourth-order valence-corrected chi connectivity index (χ4v) is 5.92. The van der Waals surface area contributed by atoms with Crippen molar-refractivity contribution in [2.45, 2.75) is 52.5 Å². The van der Waals surface area contributed by atoms with Gasteiger partial charge in [-0.1, -0.05) is 32.9 Å². The highest BCUT2D eigenvalue weighted by atomic mass is 16.2. The van der Waals surface area contributed by atoms with E-state index in [9.17, 15) is 14.4 Å². The fraction of sp³-hybridized carbons (Fsp3) is 0.625. The summed E-state index contributed by atoms with van der Waals surface area (Å²) in [5, 5.41) is 2.96. The maximum atomic E-state index is 13.3. The van der Waals surface area contributed by atoms with E-state index in [1.54, 1.807) is 4.90 Å². The van der Waals surface area contributed by atoms with Crippen LogP contribution in [0.5, 0.6) is 0 Å². The van der Waals surface area contributed by atoms with Gasteiger partial charge in [0, 0.05) is 31.9 Å². The van der Waals surface area contributed by atoms with Crippen LogP contribution in [0.2, 0.25) is 0 Å². The molecule has 3 aliphatic rings. The van der Waals surface area contributed by atoms with Crippen molar-refractivity contribution in [3.63, 3.8) is 0 Å². The number of anilines is 1. The molecule has 0 aromatic heterocycles. The van der Waals surface area contributed by atoms with Gasteiger partial charge < -0.3 is 15.1 Å². The number of benzene rings is 1. The molecule has 1 aliphatic carbocycles. The highest BCUT2D eigenvalue weighted by Crippen LogP contribution is 2.46. The molecule has 0 radical (unpaired) electrons. The number of carbonyl (C=O) groups is 3. The molecular weight excluding hydrogens is 392 g/mol. The van der Waals surface area contributed by atoms with E-state index in [1.165, 1.54) is 5.56 Å². The van der Waals surface area contributed by atoms with Gasteiger partial charge in [-0.2, -0.15) is 0 Å². The molecule has 2 aliphatic heterocycles. The Labute approximate surface area is 184 Å². The van der Waals surface area contributed by atoms with E-state index in [-0.39, 0.29) is 23.8 Å². The van der Waals surface area contributed by atoms with Gasteiger partial charge in [-0.05, 0) is 55.2 Å². The van der Waals surface area contributed by atoms with Crippen LogP contribution in [0.4, 0.5) is 10.5 Å².